The molecule has 2 heteroatoms. The van der Waals surface area contributed by atoms with Crippen LogP contribution in [0, 0.1) is 0 Å². The smallest absolute Gasteiger partial charge is 0.118 e. The van der Waals surface area contributed by atoms with Crippen LogP contribution in [0.3, 0.4) is 0 Å². The normalized spacial score (nSPS) is 17.3. The van der Waals surface area contributed by atoms with Crippen molar-refractivity contribution >= 4 is 0 Å². The molecule has 98 valence electrons. The molecule has 18 heavy (non-hydrogen) atoms. The van der Waals surface area contributed by atoms with Crippen LogP contribution in [-0.4, -0.2) is 19.7 Å². The van der Waals surface area contributed by atoms with Gasteiger partial charge in [-0.2, -0.15) is 0 Å². The zero-order valence-electron chi connectivity index (χ0n) is 11.6. The molecule has 0 unspecified atom stereocenters. The van der Waals surface area contributed by atoms with Crippen LogP contribution >= 0.6 is 0 Å². The fourth-order valence-corrected chi connectivity index (χ4v) is 2.53. The maximum Gasteiger partial charge on any atom is 0.118 e. The summed E-state index contributed by atoms with van der Waals surface area (Å²) in [5.41, 5.74) is 1.64. The number of allylic oxidation sites excluding steroid dienone is 2. The second kappa shape index (κ2) is 5.57. The highest BCUT2D eigenvalue weighted by Gasteiger charge is 2.32. The van der Waals surface area contributed by atoms with E-state index in [0.717, 1.165) is 25.1 Å². The van der Waals surface area contributed by atoms with E-state index >= 15 is 0 Å². The zero-order valence-corrected chi connectivity index (χ0v) is 11.6. The summed E-state index contributed by atoms with van der Waals surface area (Å²) in [4.78, 5) is 0. The Kier molecular flexibility index (Phi) is 4.07. The lowest BCUT2D eigenvalue weighted by Crippen LogP contribution is -2.39. The van der Waals surface area contributed by atoms with Crippen molar-refractivity contribution in [2.45, 2.75) is 38.1 Å². The lowest BCUT2D eigenvalue weighted by atomic mass is 9.78. The van der Waals surface area contributed by atoms with Gasteiger partial charge in [0, 0.05) is 18.0 Å². The molecule has 0 radical (unpaired) electrons. The van der Waals surface area contributed by atoms with Crippen LogP contribution in [0.2, 0.25) is 0 Å². The summed E-state index contributed by atoms with van der Waals surface area (Å²) in [5.74, 6) is 0.927. The molecule has 0 bridgehead atoms. The van der Waals surface area contributed by atoms with E-state index < -0.39 is 0 Å². The fourth-order valence-electron chi connectivity index (χ4n) is 2.53. The minimum absolute atomic E-state index is 0.233. The third-order valence-corrected chi connectivity index (χ3v) is 3.73. The molecule has 0 atom stereocenters. The van der Waals surface area contributed by atoms with E-state index in [4.69, 9.17) is 4.74 Å². The predicted molar refractivity (Wildman–Crippen MR) is 76.2 cm³/mol. The Balaban J connectivity index is 2.18. The molecule has 0 saturated heterocycles. The van der Waals surface area contributed by atoms with Gasteiger partial charge in [-0.15, -0.1) is 0 Å². The van der Waals surface area contributed by atoms with Crippen LogP contribution in [-0.2, 0) is 5.41 Å². The average Bonchev–Trinajstić information content (AvgIpc) is 2.86. The minimum atomic E-state index is 0.233. The minimum Gasteiger partial charge on any atom is -0.497 e. The van der Waals surface area contributed by atoms with Gasteiger partial charge in [0.2, 0.25) is 0 Å². The van der Waals surface area contributed by atoms with E-state index in [0.29, 0.717) is 6.04 Å². The molecule has 0 heterocycles. The van der Waals surface area contributed by atoms with Crippen LogP contribution in [0.5, 0.6) is 5.75 Å². The Bertz CT molecular complexity index is 398. The van der Waals surface area contributed by atoms with E-state index in [-0.39, 0.29) is 5.41 Å². The summed E-state index contributed by atoms with van der Waals surface area (Å²) in [5, 5.41) is 3.58. The van der Waals surface area contributed by atoms with Gasteiger partial charge in [-0.25, -0.2) is 0 Å². The highest BCUT2D eigenvalue weighted by Crippen LogP contribution is 2.37. The molecule has 0 amide bonds. The first-order chi connectivity index (χ1) is 8.66. The van der Waals surface area contributed by atoms with Gasteiger partial charge >= 0.3 is 0 Å². The van der Waals surface area contributed by atoms with Crippen LogP contribution in [0.4, 0.5) is 0 Å². The predicted octanol–water partition coefficient (Wildman–Crippen LogP) is 3.28. The quantitative estimate of drug-likeness (QED) is 0.804. The topological polar surface area (TPSA) is 21.3 Å². The molecular weight excluding hydrogens is 222 g/mol. The van der Waals surface area contributed by atoms with Gasteiger partial charge in [0.25, 0.3) is 0 Å². The maximum atomic E-state index is 5.23. The van der Waals surface area contributed by atoms with Gasteiger partial charge in [0.1, 0.15) is 5.75 Å². The van der Waals surface area contributed by atoms with Crippen molar-refractivity contribution in [3.8, 4) is 5.75 Å². The van der Waals surface area contributed by atoms with Crippen LogP contribution < -0.4 is 10.1 Å². The number of nitrogens with one attached hydrogen (secondary N) is 1. The molecule has 1 aromatic rings. The molecule has 1 aromatic carbocycles. The number of hydrogen-bond acceptors (Lipinski definition) is 2. The van der Waals surface area contributed by atoms with E-state index in [2.05, 4.69) is 55.6 Å². The molecule has 0 aromatic heterocycles. The first-order valence-corrected chi connectivity index (χ1v) is 6.69. The standard InChI is InChI=1S/C16H23NO/c1-13(2)17-12-16(10-4-5-11-16)14-6-8-15(18-3)9-7-14/h4-9,13,17H,10-12H2,1-3H3. The molecular formula is C16H23NO. The van der Waals surface area contributed by atoms with E-state index in [1.54, 1.807) is 7.11 Å². The van der Waals surface area contributed by atoms with E-state index in [9.17, 15) is 0 Å². The Morgan fingerprint density at radius 3 is 2.28 bits per heavy atom. The molecule has 0 fully saturated rings. The SMILES string of the molecule is COc1ccc(C2(CNC(C)C)CC=CC2)cc1. The van der Waals surface area contributed by atoms with Gasteiger partial charge in [0.15, 0.2) is 0 Å². The number of ether oxygens (including phenoxy) is 1. The molecule has 0 saturated carbocycles. The van der Waals surface area contributed by atoms with Crippen molar-refractivity contribution in [1.82, 2.24) is 5.32 Å². The number of benzene rings is 1. The molecule has 2 nitrogen and oxygen atoms in total. The second-order valence-corrected chi connectivity index (χ2v) is 5.42. The largest absolute Gasteiger partial charge is 0.497 e. The summed E-state index contributed by atoms with van der Waals surface area (Å²) < 4.78 is 5.23. The Morgan fingerprint density at radius 2 is 1.78 bits per heavy atom. The third kappa shape index (κ3) is 2.75. The number of hydrogen-bond donors (Lipinski definition) is 1. The van der Waals surface area contributed by atoms with Gasteiger partial charge in [-0.05, 0) is 30.5 Å². The van der Waals surface area contributed by atoms with Crippen molar-refractivity contribution in [2.75, 3.05) is 13.7 Å². The third-order valence-electron chi connectivity index (χ3n) is 3.73. The van der Waals surface area contributed by atoms with Gasteiger partial charge < -0.3 is 10.1 Å². The average molecular weight is 245 g/mol. The van der Waals surface area contributed by atoms with Crippen molar-refractivity contribution in [2.24, 2.45) is 0 Å². The highest BCUT2D eigenvalue weighted by atomic mass is 16.5. The summed E-state index contributed by atoms with van der Waals surface area (Å²) in [6, 6.07) is 9.05. The Labute approximate surface area is 110 Å². The monoisotopic (exact) mass is 245 g/mol. The molecule has 1 aliphatic rings. The summed E-state index contributed by atoms with van der Waals surface area (Å²) in [6.45, 7) is 5.43. The number of methoxy groups -OCH3 is 1. The zero-order chi connectivity index (χ0) is 13.0. The highest BCUT2D eigenvalue weighted by molar-refractivity contribution is 5.35. The first-order valence-electron chi connectivity index (χ1n) is 6.69. The van der Waals surface area contributed by atoms with Crippen LogP contribution in [0.15, 0.2) is 36.4 Å². The van der Waals surface area contributed by atoms with Crippen LogP contribution in [0.25, 0.3) is 0 Å². The molecule has 0 aliphatic heterocycles. The van der Waals surface area contributed by atoms with Crippen molar-refractivity contribution in [1.29, 1.82) is 0 Å². The lowest BCUT2D eigenvalue weighted by Gasteiger charge is -2.31. The number of rotatable bonds is 5. The maximum absolute atomic E-state index is 5.23. The lowest BCUT2D eigenvalue weighted by molar-refractivity contribution is 0.395. The molecule has 0 spiro atoms. The Morgan fingerprint density at radius 1 is 1.17 bits per heavy atom. The van der Waals surface area contributed by atoms with E-state index in [1.807, 2.05) is 0 Å². The summed E-state index contributed by atoms with van der Waals surface area (Å²) >= 11 is 0. The summed E-state index contributed by atoms with van der Waals surface area (Å²) in [6.07, 6.45) is 6.84. The Hall–Kier alpha value is -1.28. The fraction of sp³-hybridized carbons (Fsp3) is 0.500. The van der Waals surface area contributed by atoms with E-state index in [1.165, 1.54) is 5.56 Å². The van der Waals surface area contributed by atoms with Crippen molar-refractivity contribution < 1.29 is 4.74 Å². The molecule has 2 rings (SSSR count). The van der Waals surface area contributed by atoms with Gasteiger partial charge in [-0.3, -0.25) is 0 Å². The second-order valence-electron chi connectivity index (χ2n) is 5.42. The first kappa shape index (κ1) is 13.2. The molecule has 1 N–H and O–H groups in total. The van der Waals surface area contributed by atoms with Crippen molar-refractivity contribution in [3.63, 3.8) is 0 Å². The summed E-state index contributed by atoms with van der Waals surface area (Å²) in [7, 11) is 1.71. The van der Waals surface area contributed by atoms with Gasteiger partial charge in [0.05, 0.1) is 7.11 Å². The molecule has 1 aliphatic carbocycles. The van der Waals surface area contributed by atoms with Crippen LogP contribution in [0.1, 0.15) is 32.3 Å². The van der Waals surface area contributed by atoms with Gasteiger partial charge in [-0.1, -0.05) is 38.1 Å². The van der Waals surface area contributed by atoms with Crippen molar-refractivity contribution in [3.05, 3.63) is 42.0 Å².